The zero-order valence-electron chi connectivity index (χ0n) is 74.1. The minimum absolute atomic E-state index is 0.622. The van der Waals surface area contributed by atoms with Gasteiger partial charge >= 0.3 is 0 Å². The molecule has 0 saturated carbocycles. The van der Waals surface area contributed by atoms with E-state index in [-0.39, 0.29) is 0 Å². The van der Waals surface area contributed by atoms with Gasteiger partial charge in [0.25, 0.3) is 0 Å². The van der Waals surface area contributed by atoms with Gasteiger partial charge < -0.3 is 58.1 Å². The van der Waals surface area contributed by atoms with Crippen molar-refractivity contribution in [3.8, 4) is 11.5 Å². The van der Waals surface area contributed by atoms with Crippen molar-refractivity contribution in [2.24, 2.45) is 0 Å². The molecule has 6 saturated heterocycles. The summed E-state index contributed by atoms with van der Waals surface area (Å²) < 4.78 is 20.9. The maximum atomic E-state index is 5.44. The molecular formula is C99H145N13O4. The summed E-state index contributed by atoms with van der Waals surface area (Å²) >= 11 is 0. The average molecular weight is 1580 g/mol. The van der Waals surface area contributed by atoms with Crippen molar-refractivity contribution in [1.82, 2.24) is 39.5 Å². The van der Waals surface area contributed by atoms with E-state index in [1.54, 1.807) is 7.11 Å². The number of aryl methyl sites for hydroxylation is 9. The molecule has 0 aliphatic carbocycles. The molecule has 0 radical (unpaired) electrons. The van der Waals surface area contributed by atoms with Gasteiger partial charge in [0.1, 0.15) is 29.7 Å². The first-order valence-corrected chi connectivity index (χ1v) is 43.2. The van der Waals surface area contributed by atoms with Gasteiger partial charge in [0, 0.05) is 134 Å². The third kappa shape index (κ3) is 36.7. The van der Waals surface area contributed by atoms with Crippen LogP contribution >= 0.6 is 0 Å². The average Bonchev–Trinajstić information content (AvgIpc) is 1.57. The lowest BCUT2D eigenvalue weighted by Crippen LogP contribution is -2.46. The molecule has 0 unspecified atom stereocenters. The molecule has 6 aliphatic heterocycles. The van der Waals surface area contributed by atoms with E-state index in [1.807, 2.05) is 112 Å². The first-order valence-electron chi connectivity index (χ1n) is 43.2. The van der Waals surface area contributed by atoms with E-state index in [2.05, 4.69) is 256 Å². The Labute approximate surface area is 701 Å². The number of nitrogens with zero attached hydrogens (tertiary/aromatic N) is 13. The SMILES string of the molecule is CCN1CCC(c2ccc(C)cc2)CC1.CCN1CCN(c2ccc(C)cc2)CC1.CCOCCOc1ccc(C)cc1.COc1ccc(C)cc1.Cc1ccc(N2CCCCC2)cc1.Cc1ccc(N2CCOCC2)cc1.Cc1ccccc1.Cc1cnc(N2CCCN(C(C)C)CC2)cn1.Cc1cnc(N2CCN(C)CC2)cn1. The van der Waals surface area contributed by atoms with E-state index in [9.17, 15) is 0 Å². The van der Waals surface area contributed by atoms with Gasteiger partial charge in [0.05, 0.1) is 63.1 Å². The second kappa shape index (κ2) is 54.1. The van der Waals surface area contributed by atoms with Gasteiger partial charge in [-0.3, -0.25) is 14.9 Å². The summed E-state index contributed by atoms with van der Waals surface area (Å²) in [5, 5.41) is 0. The predicted molar refractivity (Wildman–Crippen MR) is 491 cm³/mol. The van der Waals surface area contributed by atoms with Crippen LogP contribution < -0.4 is 34.0 Å². The highest BCUT2D eigenvalue weighted by Gasteiger charge is 2.22. The standard InChI is InChI=1S/C14H21N.C13H22N4.C13H20N2.C12H17N.C11H15NO.C11H16O2.C10H16N4.C8H10O.C7H8/c1-3-15-10-8-14(9-11-15)13-6-4-12(2)5-7-13;1-11(2)16-5-4-6-17(8-7-16)13-10-14-12(3)9-15-13;1-3-14-8-10-15(11-9-14)13-6-4-12(2)5-7-13;1-11-5-7-12(8-6-11)13-9-3-2-4-10-13;1-10-2-4-11(5-3-10)12-6-8-13-9-7-12;1-3-12-8-9-13-11-6-4-10(2)5-7-11;1-9-7-12-10(8-11-9)14-5-3-13(2)4-6-14;1-7-3-5-8(9-2)6-4-7;1-7-5-3-2-4-6-7/h4-7,14H,3,8-11H2,1-2H3;9-11H,4-8H2,1-3H3;4-7H,3,8-11H2,1-2H3;5-8H,2-4,9-10H2,1H3;2-5H,6-9H2,1H3;4-7H,3,8-9H2,1-2H3;7-8H,3-6H2,1-2H3;3-6H,1-2H3;2-6H,1H3. The first kappa shape index (κ1) is 94.2. The smallest absolute Gasteiger partial charge is 0.147 e. The van der Waals surface area contributed by atoms with Crippen LogP contribution in [0.4, 0.5) is 28.7 Å². The summed E-state index contributed by atoms with van der Waals surface area (Å²) in [6.07, 6.45) is 15.4. The minimum atomic E-state index is 0.622. The minimum Gasteiger partial charge on any atom is -0.497 e. The van der Waals surface area contributed by atoms with Crippen molar-refractivity contribution in [1.29, 1.82) is 0 Å². The van der Waals surface area contributed by atoms with E-state index in [4.69, 9.17) is 18.9 Å². The van der Waals surface area contributed by atoms with Gasteiger partial charge in [-0.1, -0.05) is 168 Å². The second-order valence-electron chi connectivity index (χ2n) is 31.5. The van der Waals surface area contributed by atoms with Gasteiger partial charge in [0.15, 0.2) is 0 Å². The Kier molecular flexibility index (Phi) is 44.0. The summed E-state index contributed by atoms with van der Waals surface area (Å²) in [4.78, 5) is 39.3. The molecular weight excluding hydrogens is 1440 g/mol. The van der Waals surface area contributed by atoms with Crippen molar-refractivity contribution in [2.45, 2.75) is 147 Å². The van der Waals surface area contributed by atoms with E-state index in [1.165, 1.54) is 159 Å². The fraction of sp³-hybridized carbons (Fsp3) is 0.495. The number of piperidine rings is 2. The molecule has 2 aromatic heterocycles. The Morgan fingerprint density at radius 3 is 1.19 bits per heavy atom. The number of aromatic nitrogens is 4. The third-order valence-corrected chi connectivity index (χ3v) is 21.8. The first-order chi connectivity index (χ1) is 56.3. The lowest BCUT2D eigenvalue weighted by Gasteiger charge is -2.35. The van der Waals surface area contributed by atoms with Crippen molar-refractivity contribution in [3.63, 3.8) is 0 Å². The van der Waals surface area contributed by atoms with Gasteiger partial charge in [-0.2, -0.15) is 0 Å². The molecule has 0 atom stereocenters. The van der Waals surface area contributed by atoms with Crippen LogP contribution in [0.3, 0.4) is 0 Å². The summed E-state index contributed by atoms with van der Waals surface area (Å²) in [5.41, 5.74) is 16.8. The number of hydrogen-bond acceptors (Lipinski definition) is 17. The van der Waals surface area contributed by atoms with Crippen LogP contribution in [0.15, 0.2) is 201 Å². The quantitative estimate of drug-likeness (QED) is 0.0905. The Balaban J connectivity index is 0.000000182. The van der Waals surface area contributed by atoms with E-state index in [0.29, 0.717) is 19.3 Å². The van der Waals surface area contributed by atoms with Crippen molar-refractivity contribution < 1.29 is 18.9 Å². The van der Waals surface area contributed by atoms with Crippen LogP contribution in [0, 0.1) is 62.3 Å². The molecule has 0 N–H and O–H groups in total. The maximum Gasteiger partial charge on any atom is 0.147 e. The number of piperazine rings is 2. The van der Waals surface area contributed by atoms with Crippen LogP contribution in [-0.2, 0) is 9.47 Å². The van der Waals surface area contributed by atoms with E-state index < -0.39 is 0 Å². The molecule has 630 valence electrons. The number of likely N-dealkylation sites (N-methyl/N-ethyl adjacent to an activating group) is 2. The fourth-order valence-electron chi connectivity index (χ4n) is 14.0. The highest BCUT2D eigenvalue weighted by molar-refractivity contribution is 5.50. The summed E-state index contributed by atoms with van der Waals surface area (Å²) in [6.45, 7) is 56.3. The lowest BCUT2D eigenvalue weighted by molar-refractivity contribution is 0.110. The van der Waals surface area contributed by atoms with Gasteiger partial charge in [-0.25, -0.2) is 9.97 Å². The van der Waals surface area contributed by atoms with Gasteiger partial charge in [0.2, 0.25) is 0 Å². The van der Waals surface area contributed by atoms with Crippen LogP contribution in [-0.4, -0.2) is 224 Å². The van der Waals surface area contributed by atoms with Crippen LogP contribution in [0.2, 0.25) is 0 Å². The lowest BCUT2D eigenvalue weighted by atomic mass is 9.89. The molecule has 8 heterocycles. The highest BCUT2D eigenvalue weighted by atomic mass is 16.5. The van der Waals surface area contributed by atoms with Gasteiger partial charge in [-0.05, 0) is 227 Å². The predicted octanol–water partition coefficient (Wildman–Crippen LogP) is 18.8. The molecule has 116 heavy (non-hydrogen) atoms. The van der Waals surface area contributed by atoms with E-state index >= 15 is 0 Å². The number of methoxy groups -OCH3 is 1. The van der Waals surface area contributed by atoms with Crippen LogP contribution in [0.1, 0.15) is 135 Å². The molecule has 15 rings (SSSR count). The van der Waals surface area contributed by atoms with Crippen LogP contribution in [0.5, 0.6) is 11.5 Å². The summed E-state index contributed by atoms with van der Waals surface area (Å²) in [7, 11) is 3.82. The number of morpholine rings is 1. The molecule has 6 aliphatic rings. The van der Waals surface area contributed by atoms with E-state index in [0.717, 1.165) is 132 Å². The highest BCUT2D eigenvalue weighted by Crippen LogP contribution is 2.29. The number of ether oxygens (including phenoxy) is 4. The number of likely N-dealkylation sites (tertiary alicyclic amines) is 1. The molecule has 9 aromatic rings. The zero-order valence-corrected chi connectivity index (χ0v) is 74.1. The Hall–Kier alpha value is -8.94. The number of hydrogen-bond donors (Lipinski definition) is 0. The normalized spacial score (nSPS) is 16.1. The Morgan fingerprint density at radius 2 is 0.767 bits per heavy atom. The molecule has 0 bridgehead atoms. The summed E-state index contributed by atoms with van der Waals surface area (Å²) in [5.74, 6) is 4.64. The Bertz CT molecular complexity index is 3810. The maximum absolute atomic E-state index is 5.44. The fourth-order valence-corrected chi connectivity index (χ4v) is 14.0. The van der Waals surface area contributed by atoms with Crippen LogP contribution in [0.25, 0.3) is 0 Å². The molecule has 17 heteroatoms. The monoisotopic (exact) mass is 1580 g/mol. The molecule has 17 nitrogen and oxygen atoms in total. The van der Waals surface area contributed by atoms with Crippen molar-refractivity contribution in [3.05, 3.63) is 257 Å². The third-order valence-electron chi connectivity index (χ3n) is 21.8. The second-order valence-corrected chi connectivity index (χ2v) is 31.5. The topological polar surface area (TPSA) is 118 Å². The van der Waals surface area contributed by atoms with Crippen molar-refractivity contribution in [2.75, 3.05) is 203 Å². The molecule has 6 fully saturated rings. The molecule has 7 aromatic carbocycles. The largest absolute Gasteiger partial charge is 0.497 e. The number of benzene rings is 7. The Morgan fingerprint density at radius 1 is 0.371 bits per heavy atom. The molecule has 0 amide bonds. The number of rotatable bonds is 15. The summed E-state index contributed by atoms with van der Waals surface area (Å²) in [6, 6.07) is 62.4. The number of anilines is 5. The van der Waals surface area contributed by atoms with Crippen molar-refractivity contribution >= 4 is 28.7 Å². The zero-order chi connectivity index (χ0) is 83.1. The molecule has 0 spiro atoms. The van der Waals surface area contributed by atoms with Gasteiger partial charge in [-0.15, -0.1) is 0 Å².